The van der Waals surface area contributed by atoms with Gasteiger partial charge >= 0.3 is 5.97 Å². The second kappa shape index (κ2) is 6.35. The number of rotatable bonds is 5. The molecule has 0 radical (unpaired) electrons. The fraction of sp³-hybridized carbons (Fsp3) is 0.0667. The average Bonchev–Trinajstić information content (AvgIpc) is 2.44. The first-order valence-electron chi connectivity index (χ1n) is 5.77. The quantitative estimate of drug-likeness (QED) is 0.834. The molecular weight excluding hydrogens is 242 g/mol. The van der Waals surface area contributed by atoms with Gasteiger partial charge in [-0.15, -0.1) is 0 Å². The first-order valence-corrected chi connectivity index (χ1v) is 5.77. The third-order valence-electron chi connectivity index (χ3n) is 2.43. The van der Waals surface area contributed by atoms with Crippen LogP contribution in [0.1, 0.15) is 11.1 Å². The first kappa shape index (κ1) is 12.8. The van der Waals surface area contributed by atoms with Crippen molar-refractivity contribution in [3.8, 4) is 5.75 Å². The van der Waals surface area contributed by atoms with Crippen molar-refractivity contribution in [2.24, 2.45) is 0 Å². The number of hydrogen-bond donors (Lipinski definition) is 1. The summed E-state index contributed by atoms with van der Waals surface area (Å²) < 4.78 is 5.63. The largest absolute Gasteiger partial charge is 0.489 e. The lowest BCUT2D eigenvalue weighted by Gasteiger charge is -2.06. The number of hydrogen-bond acceptors (Lipinski definition) is 3. The first-order chi connectivity index (χ1) is 9.24. The maximum atomic E-state index is 10.4. The molecule has 0 amide bonds. The summed E-state index contributed by atoms with van der Waals surface area (Å²) in [5, 5.41) is 8.57. The van der Waals surface area contributed by atoms with Crippen LogP contribution < -0.4 is 4.74 Å². The van der Waals surface area contributed by atoms with Gasteiger partial charge in [-0.05, 0) is 41.5 Å². The molecule has 4 nitrogen and oxygen atoms in total. The van der Waals surface area contributed by atoms with E-state index in [4.69, 9.17) is 9.84 Å². The predicted molar refractivity (Wildman–Crippen MR) is 71.7 cm³/mol. The fourth-order valence-corrected chi connectivity index (χ4v) is 1.52. The van der Waals surface area contributed by atoms with E-state index in [9.17, 15) is 4.79 Å². The lowest BCUT2D eigenvalue weighted by molar-refractivity contribution is -0.131. The number of benzene rings is 1. The predicted octanol–water partition coefficient (Wildman–Crippen LogP) is 2.76. The third kappa shape index (κ3) is 4.27. The van der Waals surface area contributed by atoms with Crippen LogP contribution in [0.2, 0.25) is 0 Å². The fourth-order valence-electron chi connectivity index (χ4n) is 1.52. The molecule has 1 heterocycles. The summed E-state index contributed by atoms with van der Waals surface area (Å²) in [6.45, 7) is 0.453. The van der Waals surface area contributed by atoms with Crippen LogP contribution in [0.4, 0.5) is 0 Å². The minimum Gasteiger partial charge on any atom is -0.489 e. The van der Waals surface area contributed by atoms with Gasteiger partial charge in [-0.2, -0.15) is 0 Å². The lowest BCUT2D eigenvalue weighted by atomic mass is 10.2. The van der Waals surface area contributed by atoms with E-state index in [1.54, 1.807) is 18.5 Å². The maximum absolute atomic E-state index is 10.4. The van der Waals surface area contributed by atoms with E-state index in [0.29, 0.717) is 12.4 Å². The highest BCUT2D eigenvalue weighted by molar-refractivity contribution is 5.85. The summed E-state index contributed by atoms with van der Waals surface area (Å²) in [7, 11) is 0. The molecule has 0 unspecified atom stereocenters. The SMILES string of the molecule is O=C(O)/C=C/c1cccc(OCc2ccncc2)c1. The molecule has 0 saturated heterocycles. The van der Waals surface area contributed by atoms with Gasteiger partial charge in [0, 0.05) is 18.5 Å². The molecule has 0 aliphatic rings. The van der Waals surface area contributed by atoms with Gasteiger partial charge in [0.25, 0.3) is 0 Å². The van der Waals surface area contributed by atoms with Crippen molar-refractivity contribution < 1.29 is 14.6 Å². The summed E-state index contributed by atoms with van der Waals surface area (Å²) in [6.07, 6.45) is 6.05. The molecule has 0 spiro atoms. The number of aliphatic carboxylic acids is 1. The van der Waals surface area contributed by atoms with Crippen LogP contribution in [0.3, 0.4) is 0 Å². The molecule has 0 bridgehead atoms. The van der Waals surface area contributed by atoms with Gasteiger partial charge in [-0.3, -0.25) is 4.98 Å². The molecule has 96 valence electrons. The van der Waals surface area contributed by atoms with Crippen molar-refractivity contribution in [2.45, 2.75) is 6.61 Å². The zero-order chi connectivity index (χ0) is 13.5. The van der Waals surface area contributed by atoms with E-state index < -0.39 is 5.97 Å². The van der Waals surface area contributed by atoms with Gasteiger partial charge in [0.2, 0.25) is 0 Å². The van der Waals surface area contributed by atoms with Gasteiger partial charge in [-0.1, -0.05) is 12.1 Å². The van der Waals surface area contributed by atoms with Crippen LogP contribution in [0, 0.1) is 0 Å². The maximum Gasteiger partial charge on any atom is 0.328 e. The van der Waals surface area contributed by atoms with Crippen LogP contribution in [0.25, 0.3) is 6.08 Å². The zero-order valence-corrected chi connectivity index (χ0v) is 10.2. The highest BCUT2D eigenvalue weighted by Gasteiger charge is 1.97. The molecule has 0 atom stereocenters. The number of nitrogens with zero attached hydrogens (tertiary/aromatic N) is 1. The van der Waals surface area contributed by atoms with E-state index in [2.05, 4.69) is 4.98 Å². The van der Waals surface area contributed by atoms with Crippen LogP contribution >= 0.6 is 0 Å². The van der Waals surface area contributed by atoms with E-state index in [1.807, 2.05) is 30.3 Å². The van der Waals surface area contributed by atoms with Gasteiger partial charge in [0.15, 0.2) is 0 Å². The highest BCUT2D eigenvalue weighted by atomic mass is 16.5. The summed E-state index contributed by atoms with van der Waals surface area (Å²) in [5.41, 5.74) is 1.82. The zero-order valence-electron chi connectivity index (χ0n) is 10.2. The second-order valence-electron chi connectivity index (χ2n) is 3.89. The molecule has 2 rings (SSSR count). The van der Waals surface area contributed by atoms with Gasteiger partial charge in [-0.25, -0.2) is 4.79 Å². The molecule has 0 aliphatic carbocycles. The standard InChI is InChI=1S/C15H13NO3/c17-15(18)5-4-12-2-1-3-14(10-12)19-11-13-6-8-16-9-7-13/h1-10H,11H2,(H,17,18)/b5-4+. The van der Waals surface area contributed by atoms with Crippen molar-refractivity contribution >= 4 is 12.0 Å². The van der Waals surface area contributed by atoms with E-state index in [1.165, 1.54) is 6.08 Å². The van der Waals surface area contributed by atoms with Crippen molar-refractivity contribution in [3.63, 3.8) is 0 Å². The Balaban J connectivity index is 2.01. The van der Waals surface area contributed by atoms with Gasteiger partial charge in [0.1, 0.15) is 12.4 Å². The number of pyridine rings is 1. The van der Waals surface area contributed by atoms with Crippen LogP contribution in [0.5, 0.6) is 5.75 Å². The molecule has 1 aromatic heterocycles. The normalized spacial score (nSPS) is 10.5. The Kier molecular flexibility index (Phi) is 4.29. The minimum absolute atomic E-state index is 0.453. The average molecular weight is 255 g/mol. The van der Waals surface area contributed by atoms with Crippen LogP contribution in [-0.4, -0.2) is 16.1 Å². The second-order valence-corrected chi connectivity index (χ2v) is 3.89. The number of aromatic nitrogens is 1. The summed E-state index contributed by atoms with van der Waals surface area (Å²) in [5.74, 6) is -0.271. The molecule has 19 heavy (non-hydrogen) atoms. The Morgan fingerprint density at radius 1 is 1.26 bits per heavy atom. The molecular formula is C15H13NO3. The lowest BCUT2D eigenvalue weighted by Crippen LogP contribution is -1.95. The minimum atomic E-state index is -0.969. The summed E-state index contributed by atoms with van der Waals surface area (Å²) in [4.78, 5) is 14.4. The van der Waals surface area contributed by atoms with Gasteiger partial charge < -0.3 is 9.84 Å². The van der Waals surface area contributed by atoms with Crippen molar-refractivity contribution in [3.05, 3.63) is 66.0 Å². The molecule has 0 fully saturated rings. The highest BCUT2D eigenvalue weighted by Crippen LogP contribution is 2.16. The number of carboxylic acids is 1. The number of ether oxygens (including phenoxy) is 1. The Labute approximate surface area is 111 Å². The third-order valence-corrected chi connectivity index (χ3v) is 2.43. The Morgan fingerprint density at radius 3 is 2.79 bits per heavy atom. The van der Waals surface area contributed by atoms with Crippen molar-refractivity contribution in [1.82, 2.24) is 4.98 Å². The van der Waals surface area contributed by atoms with Crippen LogP contribution in [0.15, 0.2) is 54.9 Å². The molecule has 2 aromatic rings. The molecule has 1 aromatic carbocycles. The molecule has 4 heteroatoms. The topological polar surface area (TPSA) is 59.4 Å². The van der Waals surface area contributed by atoms with E-state index in [0.717, 1.165) is 17.2 Å². The Bertz CT molecular complexity index is 579. The smallest absolute Gasteiger partial charge is 0.328 e. The molecule has 0 aliphatic heterocycles. The summed E-state index contributed by atoms with van der Waals surface area (Å²) in [6, 6.07) is 11.0. The van der Waals surface area contributed by atoms with Gasteiger partial charge in [0.05, 0.1) is 0 Å². The van der Waals surface area contributed by atoms with Crippen molar-refractivity contribution in [2.75, 3.05) is 0 Å². The Hall–Kier alpha value is -2.62. The Morgan fingerprint density at radius 2 is 2.05 bits per heavy atom. The summed E-state index contributed by atoms with van der Waals surface area (Å²) >= 11 is 0. The molecule has 0 saturated carbocycles. The van der Waals surface area contributed by atoms with E-state index in [-0.39, 0.29) is 0 Å². The molecule has 1 N–H and O–H groups in total. The number of carbonyl (C=O) groups is 1. The monoisotopic (exact) mass is 255 g/mol. The van der Waals surface area contributed by atoms with E-state index >= 15 is 0 Å². The van der Waals surface area contributed by atoms with Crippen LogP contribution in [-0.2, 0) is 11.4 Å². The number of carboxylic acid groups (broad SMARTS) is 1. The van der Waals surface area contributed by atoms with Crippen molar-refractivity contribution in [1.29, 1.82) is 0 Å².